The zero-order valence-electron chi connectivity index (χ0n) is 12.2. The lowest BCUT2D eigenvalue weighted by Gasteiger charge is -1.99. The van der Waals surface area contributed by atoms with Gasteiger partial charge in [-0.2, -0.15) is 0 Å². The van der Waals surface area contributed by atoms with Crippen LogP contribution in [-0.4, -0.2) is 14.4 Å². The molecule has 1 aromatic carbocycles. The molecule has 4 rings (SSSR count). The summed E-state index contributed by atoms with van der Waals surface area (Å²) < 4.78 is 2.09. The van der Waals surface area contributed by atoms with E-state index < -0.39 is 0 Å². The van der Waals surface area contributed by atoms with Gasteiger partial charge in [-0.15, -0.1) is 0 Å². The number of benzene rings is 1. The van der Waals surface area contributed by atoms with Crippen molar-refractivity contribution in [3.05, 3.63) is 79.1 Å². The summed E-state index contributed by atoms with van der Waals surface area (Å²) in [6, 6.07) is 22.4. The van der Waals surface area contributed by atoms with Gasteiger partial charge < -0.3 is 0 Å². The smallest absolute Gasteiger partial charge is 0.164 e. The van der Waals surface area contributed by atoms with Crippen LogP contribution in [0.5, 0.6) is 0 Å². The number of aromatic nitrogens is 3. The van der Waals surface area contributed by atoms with Crippen molar-refractivity contribution in [2.75, 3.05) is 0 Å². The molecule has 0 bridgehead atoms. The van der Waals surface area contributed by atoms with Crippen LogP contribution in [0.2, 0.25) is 0 Å². The minimum atomic E-state index is 0.873. The van der Waals surface area contributed by atoms with Crippen LogP contribution in [0.4, 0.5) is 0 Å². The fourth-order valence-corrected chi connectivity index (χ4v) is 4.36. The van der Waals surface area contributed by atoms with Crippen molar-refractivity contribution in [2.45, 2.75) is 9.92 Å². The molecule has 0 amide bonds. The van der Waals surface area contributed by atoms with E-state index in [4.69, 9.17) is 4.98 Å². The first-order valence-corrected chi connectivity index (χ1v) is 9.35. The summed E-state index contributed by atoms with van der Waals surface area (Å²) in [5, 5.41) is 1.00. The summed E-state index contributed by atoms with van der Waals surface area (Å²) in [7, 11) is 3.39. The van der Waals surface area contributed by atoms with E-state index in [9.17, 15) is 0 Å². The van der Waals surface area contributed by atoms with Crippen LogP contribution >= 0.6 is 21.6 Å². The molecule has 0 aliphatic carbocycles. The lowest BCUT2D eigenvalue weighted by atomic mass is 10.3. The van der Waals surface area contributed by atoms with Crippen LogP contribution < -0.4 is 0 Å². The van der Waals surface area contributed by atoms with E-state index in [-0.39, 0.29) is 0 Å². The van der Waals surface area contributed by atoms with Gasteiger partial charge in [-0.05, 0) is 47.2 Å². The molecule has 0 fully saturated rings. The molecular weight excluding hydrogens is 322 g/mol. The molecule has 5 heteroatoms. The van der Waals surface area contributed by atoms with Crippen molar-refractivity contribution in [1.82, 2.24) is 14.4 Å². The Balaban J connectivity index is 1.73. The van der Waals surface area contributed by atoms with Gasteiger partial charge in [-0.1, -0.05) is 41.1 Å². The largest absolute Gasteiger partial charge is 0.297 e. The number of rotatable bonds is 4. The van der Waals surface area contributed by atoms with Crippen molar-refractivity contribution in [3.63, 3.8) is 0 Å². The molecule has 0 spiro atoms. The number of hydrogen-bond donors (Lipinski definition) is 0. The predicted molar refractivity (Wildman–Crippen MR) is 96.6 cm³/mol. The van der Waals surface area contributed by atoms with Crippen LogP contribution in [-0.2, 0) is 0 Å². The number of imidazole rings is 1. The average molecular weight is 335 g/mol. The molecule has 0 radical (unpaired) electrons. The van der Waals surface area contributed by atoms with Gasteiger partial charge in [0.15, 0.2) is 5.82 Å². The highest BCUT2D eigenvalue weighted by molar-refractivity contribution is 8.76. The second kappa shape index (κ2) is 6.48. The monoisotopic (exact) mass is 335 g/mol. The summed E-state index contributed by atoms with van der Waals surface area (Å²) in [6.45, 7) is 0. The third-order valence-electron chi connectivity index (χ3n) is 3.37. The predicted octanol–water partition coefficient (Wildman–Crippen LogP) is 5.20. The maximum Gasteiger partial charge on any atom is 0.164 e. The van der Waals surface area contributed by atoms with Gasteiger partial charge in [0.1, 0.15) is 10.7 Å². The van der Waals surface area contributed by atoms with Gasteiger partial charge in [0.25, 0.3) is 0 Å². The normalized spacial score (nSPS) is 11.0. The molecule has 23 heavy (non-hydrogen) atoms. The van der Waals surface area contributed by atoms with E-state index in [0.29, 0.717) is 0 Å². The molecule has 112 valence electrons. The molecule has 0 unspecified atom stereocenters. The van der Waals surface area contributed by atoms with Gasteiger partial charge in [0.2, 0.25) is 0 Å². The topological polar surface area (TPSA) is 30.2 Å². The first kappa shape index (κ1) is 14.4. The van der Waals surface area contributed by atoms with Crippen LogP contribution in [0.1, 0.15) is 0 Å². The van der Waals surface area contributed by atoms with Gasteiger partial charge >= 0.3 is 0 Å². The summed E-state index contributed by atoms with van der Waals surface area (Å²) in [6.07, 6.45) is 3.83. The molecule has 3 heterocycles. The molecule has 0 saturated heterocycles. The Morgan fingerprint density at radius 3 is 2.43 bits per heavy atom. The van der Waals surface area contributed by atoms with Crippen LogP contribution in [0.25, 0.3) is 17.0 Å². The number of fused-ring (bicyclic) bond motifs is 1. The molecular formula is C18H13N3S2. The number of hydrogen-bond acceptors (Lipinski definition) is 4. The van der Waals surface area contributed by atoms with E-state index in [1.54, 1.807) is 27.8 Å². The van der Waals surface area contributed by atoms with Crippen LogP contribution in [0, 0.1) is 0 Å². The summed E-state index contributed by atoms with van der Waals surface area (Å²) in [4.78, 5) is 10.5. The van der Waals surface area contributed by atoms with E-state index >= 15 is 0 Å². The highest BCUT2D eigenvalue weighted by atomic mass is 33.1. The molecule has 0 aliphatic rings. The van der Waals surface area contributed by atoms with Crippen LogP contribution in [0.3, 0.4) is 0 Å². The van der Waals surface area contributed by atoms with Gasteiger partial charge in [-0.3, -0.25) is 9.38 Å². The second-order valence-electron chi connectivity index (χ2n) is 4.89. The Bertz CT molecular complexity index is 921. The lowest BCUT2D eigenvalue weighted by molar-refractivity contribution is 1.12. The van der Waals surface area contributed by atoms with E-state index in [1.807, 2.05) is 54.7 Å². The fourth-order valence-electron chi connectivity index (χ4n) is 2.31. The fraction of sp³-hybridized carbons (Fsp3) is 0. The van der Waals surface area contributed by atoms with Crippen molar-refractivity contribution in [1.29, 1.82) is 0 Å². The number of pyridine rings is 2. The molecule has 4 aromatic rings. The summed E-state index contributed by atoms with van der Waals surface area (Å²) in [5.74, 6) is 0.873. The Labute approximate surface area is 142 Å². The van der Waals surface area contributed by atoms with Gasteiger partial charge in [-0.25, -0.2) is 4.98 Å². The molecule has 0 N–H and O–H groups in total. The standard InChI is InChI=1S/C18H13N3S2/c1-2-8-14(9-3-1)22-23-18-16-11-5-7-13-21(16)17(20-18)15-10-4-6-12-19-15/h1-13H. The maximum atomic E-state index is 4.82. The minimum absolute atomic E-state index is 0.873. The van der Waals surface area contributed by atoms with Crippen LogP contribution in [0.15, 0.2) is 89.0 Å². The quantitative estimate of drug-likeness (QED) is 0.480. The maximum absolute atomic E-state index is 4.82. The number of nitrogens with zero attached hydrogens (tertiary/aromatic N) is 3. The molecule has 3 aromatic heterocycles. The highest BCUT2D eigenvalue weighted by Gasteiger charge is 2.13. The van der Waals surface area contributed by atoms with Crippen molar-refractivity contribution in [3.8, 4) is 11.5 Å². The average Bonchev–Trinajstić information content (AvgIpc) is 3.01. The highest BCUT2D eigenvalue weighted by Crippen LogP contribution is 2.39. The second-order valence-corrected chi connectivity index (χ2v) is 7.08. The Hall–Kier alpha value is -2.24. The first-order valence-electron chi connectivity index (χ1n) is 7.20. The van der Waals surface area contributed by atoms with Crippen molar-refractivity contribution < 1.29 is 0 Å². The van der Waals surface area contributed by atoms with E-state index in [2.05, 4.69) is 27.6 Å². The van der Waals surface area contributed by atoms with Crippen molar-refractivity contribution >= 4 is 27.1 Å². The Morgan fingerprint density at radius 1 is 0.783 bits per heavy atom. The summed E-state index contributed by atoms with van der Waals surface area (Å²) in [5.41, 5.74) is 1.98. The lowest BCUT2D eigenvalue weighted by Crippen LogP contribution is -1.90. The third kappa shape index (κ3) is 2.98. The Kier molecular flexibility index (Phi) is 4.05. The summed E-state index contributed by atoms with van der Waals surface area (Å²) >= 11 is 0. The molecule has 0 saturated carbocycles. The minimum Gasteiger partial charge on any atom is -0.297 e. The molecule has 0 atom stereocenters. The van der Waals surface area contributed by atoms with E-state index in [0.717, 1.165) is 22.1 Å². The first-order chi connectivity index (χ1) is 11.4. The van der Waals surface area contributed by atoms with E-state index in [1.165, 1.54) is 4.90 Å². The van der Waals surface area contributed by atoms with Gasteiger partial charge in [0.05, 0.1) is 5.52 Å². The van der Waals surface area contributed by atoms with Crippen molar-refractivity contribution in [2.24, 2.45) is 0 Å². The Morgan fingerprint density at radius 2 is 1.61 bits per heavy atom. The zero-order chi connectivity index (χ0) is 15.5. The SMILES string of the molecule is c1ccc(SSc2nc(-c3ccccn3)n3ccccc23)cc1. The molecule has 0 aliphatic heterocycles. The third-order valence-corrected chi connectivity index (χ3v) is 5.68. The molecule has 3 nitrogen and oxygen atoms in total. The zero-order valence-corrected chi connectivity index (χ0v) is 13.8. The van der Waals surface area contributed by atoms with Gasteiger partial charge in [0, 0.05) is 17.3 Å².